The van der Waals surface area contributed by atoms with Crippen molar-refractivity contribution < 1.29 is 4.42 Å². The number of hydrogen-bond donors (Lipinski definition) is 0. The lowest BCUT2D eigenvalue weighted by molar-refractivity contribution is 0.669. The quantitative estimate of drug-likeness (QED) is 0.174. The predicted molar refractivity (Wildman–Crippen MR) is 254 cm³/mol. The molecular formula is C55H32N4OS. The topological polar surface area (TPSA) is 56.7 Å². The van der Waals surface area contributed by atoms with Crippen LogP contribution in [-0.4, -0.2) is 19.5 Å². The number of nitrogens with zero attached hydrogens (tertiary/aromatic N) is 4. The van der Waals surface area contributed by atoms with Gasteiger partial charge in [-0.1, -0.05) is 146 Å². The number of hydrogen-bond acceptors (Lipinski definition) is 5. The van der Waals surface area contributed by atoms with E-state index in [0.29, 0.717) is 17.5 Å². The Kier molecular flexibility index (Phi) is 7.41. The van der Waals surface area contributed by atoms with Crippen molar-refractivity contribution in [3.8, 4) is 51.0 Å². The minimum absolute atomic E-state index is 0.596. The van der Waals surface area contributed by atoms with Crippen LogP contribution in [0.4, 0.5) is 0 Å². The molecule has 9 aromatic carbocycles. The van der Waals surface area contributed by atoms with Crippen LogP contribution in [0.25, 0.3) is 126 Å². The summed E-state index contributed by atoms with van der Waals surface area (Å²) in [5, 5.41) is 9.60. The van der Waals surface area contributed by atoms with Crippen molar-refractivity contribution in [2.45, 2.75) is 0 Å². The highest BCUT2D eigenvalue weighted by Gasteiger charge is 2.21. The van der Waals surface area contributed by atoms with Crippen LogP contribution in [0.2, 0.25) is 0 Å². The molecule has 61 heavy (non-hydrogen) atoms. The largest absolute Gasteiger partial charge is 0.456 e. The van der Waals surface area contributed by atoms with Gasteiger partial charge in [-0.05, 0) is 70.4 Å². The average molecular weight is 797 g/mol. The molecule has 0 saturated carbocycles. The van der Waals surface area contributed by atoms with Gasteiger partial charge in [0.1, 0.15) is 11.2 Å². The lowest BCUT2D eigenvalue weighted by Crippen LogP contribution is -2.00. The maximum absolute atomic E-state index is 6.28. The predicted octanol–water partition coefficient (Wildman–Crippen LogP) is 15.1. The van der Waals surface area contributed by atoms with E-state index in [0.717, 1.165) is 44.3 Å². The minimum atomic E-state index is 0.596. The van der Waals surface area contributed by atoms with Crippen LogP contribution in [-0.2, 0) is 0 Å². The van der Waals surface area contributed by atoms with E-state index in [1.165, 1.54) is 63.9 Å². The summed E-state index contributed by atoms with van der Waals surface area (Å²) in [6.07, 6.45) is 0. The zero-order valence-electron chi connectivity index (χ0n) is 32.6. The van der Waals surface area contributed by atoms with Gasteiger partial charge in [-0.15, -0.1) is 11.3 Å². The van der Waals surface area contributed by atoms with Gasteiger partial charge < -0.3 is 8.98 Å². The molecule has 0 amide bonds. The third-order valence-electron chi connectivity index (χ3n) is 12.0. The van der Waals surface area contributed by atoms with Gasteiger partial charge in [0.25, 0.3) is 0 Å². The molecule has 0 aliphatic rings. The fraction of sp³-hybridized carbons (Fsp3) is 0. The Balaban J connectivity index is 1.01. The van der Waals surface area contributed by atoms with Crippen molar-refractivity contribution in [3.63, 3.8) is 0 Å². The normalized spacial score (nSPS) is 11.9. The molecule has 0 aliphatic carbocycles. The molecule has 0 aliphatic heterocycles. The first kappa shape index (κ1) is 34.0. The van der Waals surface area contributed by atoms with Gasteiger partial charge in [0, 0.05) is 58.4 Å². The summed E-state index contributed by atoms with van der Waals surface area (Å²) in [7, 11) is 0. The number of fused-ring (bicyclic) bond motifs is 11. The highest BCUT2D eigenvalue weighted by Crippen LogP contribution is 2.45. The van der Waals surface area contributed by atoms with E-state index in [1.807, 2.05) is 54.6 Å². The fourth-order valence-electron chi connectivity index (χ4n) is 9.29. The van der Waals surface area contributed by atoms with Crippen LogP contribution in [0.5, 0.6) is 0 Å². The van der Waals surface area contributed by atoms with Crippen molar-refractivity contribution in [2.75, 3.05) is 0 Å². The summed E-state index contributed by atoms with van der Waals surface area (Å²) >= 11 is 1.80. The van der Waals surface area contributed by atoms with Crippen molar-refractivity contribution in [2.24, 2.45) is 0 Å². The molecule has 4 aromatic heterocycles. The lowest BCUT2D eigenvalue weighted by Gasteiger charge is -2.13. The Morgan fingerprint density at radius 1 is 0.361 bits per heavy atom. The van der Waals surface area contributed by atoms with Crippen molar-refractivity contribution >= 4 is 86.0 Å². The number of para-hydroxylation sites is 2. The van der Waals surface area contributed by atoms with Crippen LogP contribution in [0.1, 0.15) is 0 Å². The molecule has 13 rings (SSSR count). The molecule has 6 heteroatoms. The third-order valence-corrected chi connectivity index (χ3v) is 13.2. The van der Waals surface area contributed by atoms with Gasteiger partial charge in [-0.25, -0.2) is 15.0 Å². The van der Waals surface area contributed by atoms with Crippen molar-refractivity contribution in [3.05, 3.63) is 194 Å². The van der Waals surface area contributed by atoms with Gasteiger partial charge in [0.2, 0.25) is 0 Å². The second kappa shape index (κ2) is 13.3. The first-order valence-electron chi connectivity index (χ1n) is 20.4. The zero-order chi connectivity index (χ0) is 40.0. The summed E-state index contributed by atoms with van der Waals surface area (Å²) in [4.78, 5) is 15.3. The van der Waals surface area contributed by atoms with Crippen LogP contribution < -0.4 is 0 Å². The number of thiophene rings is 1. The molecule has 0 fully saturated rings. The van der Waals surface area contributed by atoms with E-state index in [2.05, 4.69) is 144 Å². The lowest BCUT2D eigenvalue weighted by atomic mass is 9.95. The van der Waals surface area contributed by atoms with Crippen LogP contribution >= 0.6 is 11.3 Å². The Morgan fingerprint density at radius 3 is 1.75 bits per heavy atom. The monoisotopic (exact) mass is 796 g/mol. The van der Waals surface area contributed by atoms with Crippen molar-refractivity contribution in [1.82, 2.24) is 19.5 Å². The van der Waals surface area contributed by atoms with Gasteiger partial charge in [-0.3, -0.25) is 0 Å². The SMILES string of the molecule is c1ccc(-c2nc(-c3ccc4c(c3)oc3ccccc34)nc(-c3ccc4c(c3)sc3cccc(-n5c6ccccc6c6c7ccccc7c(-c7ccccc7)cc65)c34)n2)cc1. The summed E-state index contributed by atoms with van der Waals surface area (Å²) < 4.78 is 11.2. The standard InChI is InChI=1S/C55H32N4OS/c1-3-14-33(15-4-1)43-32-46-51(40-20-8-7-18-37(40)43)41-21-9-11-22-44(41)59(46)45-23-13-25-49-52(45)42-29-27-36(31-50(42)61-49)55-57-53(34-16-5-2-6-17-34)56-54(58-55)35-26-28-39-38-19-10-12-24-47(38)60-48(39)30-35/h1-32H. The summed E-state index contributed by atoms with van der Waals surface area (Å²) in [5.41, 5.74) is 10.4. The van der Waals surface area contributed by atoms with Crippen LogP contribution in [0, 0.1) is 0 Å². The Labute approximate surface area is 353 Å². The number of aromatic nitrogens is 4. The molecule has 0 N–H and O–H groups in total. The van der Waals surface area contributed by atoms with E-state index in [-0.39, 0.29) is 0 Å². The van der Waals surface area contributed by atoms with E-state index >= 15 is 0 Å². The van der Waals surface area contributed by atoms with E-state index in [4.69, 9.17) is 19.4 Å². The molecule has 5 nitrogen and oxygen atoms in total. The van der Waals surface area contributed by atoms with E-state index in [9.17, 15) is 0 Å². The minimum Gasteiger partial charge on any atom is -0.456 e. The molecule has 4 heterocycles. The highest BCUT2D eigenvalue weighted by atomic mass is 32.1. The van der Waals surface area contributed by atoms with Crippen LogP contribution in [0.15, 0.2) is 199 Å². The number of benzene rings is 9. The molecule has 0 saturated heterocycles. The Hall–Kier alpha value is -7.93. The van der Waals surface area contributed by atoms with Gasteiger partial charge in [0.15, 0.2) is 17.5 Å². The maximum Gasteiger partial charge on any atom is 0.164 e. The Bertz CT molecular complexity index is 3880. The second-order valence-corrected chi connectivity index (χ2v) is 16.6. The van der Waals surface area contributed by atoms with Gasteiger partial charge >= 0.3 is 0 Å². The summed E-state index contributed by atoms with van der Waals surface area (Å²) in [6, 6.07) is 68.6. The molecule has 0 atom stereocenters. The van der Waals surface area contributed by atoms with Gasteiger partial charge in [0.05, 0.1) is 16.7 Å². The fourth-order valence-corrected chi connectivity index (χ4v) is 10.5. The third kappa shape index (κ3) is 5.29. The molecular weight excluding hydrogens is 765 g/mol. The molecule has 0 spiro atoms. The molecule has 0 unspecified atom stereocenters. The highest BCUT2D eigenvalue weighted by molar-refractivity contribution is 7.26. The summed E-state index contributed by atoms with van der Waals surface area (Å²) in [6.45, 7) is 0. The van der Waals surface area contributed by atoms with Gasteiger partial charge in [-0.2, -0.15) is 0 Å². The van der Waals surface area contributed by atoms with E-state index in [1.54, 1.807) is 11.3 Å². The average Bonchev–Trinajstić information content (AvgIpc) is 4.01. The second-order valence-electron chi connectivity index (χ2n) is 15.5. The molecule has 13 aromatic rings. The van der Waals surface area contributed by atoms with Crippen LogP contribution in [0.3, 0.4) is 0 Å². The number of furan rings is 1. The smallest absolute Gasteiger partial charge is 0.164 e. The zero-order valence-corrected chi connectivity index (χ0v) is 33.4. The molecule has 0 radical (unpaired) electrons. The molecule has 284 valence electrons. The summed E-state index contributed by atoms with van der Waals surface area (Å²) in [5.74, 6) is 1.84. The molecule has 0 bridgehead atoms. The first-order chi connectivity index (χ1) is 30.2. The number of rotatable bonds is 5. The van der Waals surface area contributed by atoms with E-state index < -0.39 is 0 Å². The first-order valence-corrected chi connectivity index (χ1v) is 21.2. The van der Waals surface area contributed by atoms with Crippen molar-refractivity contribution in [1.29, 1.82) is 0 Å². The Morgan fingerprint density at radius 2 is 0.967 bits per heavy atom. The maximum atomic E-state index is 6.28.